The van der Waals surface area contributed by atoms with Crippen LogP contribution in [0.2, 0.25) is 0 Å². The van der Waals surface area contributed by atoms with Crippen molar-refractivity contribution in [1.82, 2.24) is 10.3 Å². The number of hydrogen-bond donors (Lipinski definition) is 2. The van der Waals surface area contributed by atoms with Crippen LogP contribution >= 0.6 is 11.3 Å². The lowest BCUT2D eigenvalue weighted by atomic mass is 10.1. The van der Waals surface area contributed by atoms with Crippen LogP contribution in [0.25, 0.3) is 0 Å². The lowest BCUT2D eigenvalue weighted by Crippen LogP contribution is -2.31. The molecule has 22 heavy (non-hydrogen) atoms. The molecule has 116 valence electrons. The quantitative estimate of drug-likeness (QED) is 0.849. The van der Waals surface area contributed by atoms with E-state index >= 15 is 0 Å². The largest absolute Gasteiger partial charge is 0.465 e. The van der Waals surface area contributed by atoms with Crippen molar-refractivity contribution in [2.75, 3.05) is 12.4 Å². The van der Waals surface area contributed by atoms with Crippen LogP contribution in [-0.4, -0.2) is 24.1 Å². The Labute approximate surface area is 132 Å². The van der Waals surface area contributed by atoms with Crippen molar-refractivity contribution in [1.29, 1.82) is 0 Å². The summed E-state index contributed by atoms with van der Waals surface area (Å²) < 4.78 is 4.71. The maximum atomic E-state index is 12.1. The number of esters is 1. The Balaban J connectivity index is 2.05. The summed E-state index contributed by atoms with van der Waals surface area (Å²) in [5.74, 6) is -0.472. The van der Waals surface area contributed by atoms with E-state index in [4.69, 9.17) is 4.74 Å². The fourth-order valence-corrected chi connectivity index (χ4v) is 2.81. The molecule has 2 aromatic heterocycles. The Morgan fingerprint density at radius 2 is 2.18 bits per heavy atom. The van der Waals surface area contributed by atoms with Gasteiger partial charge in [0.05, 0.1) is 18.7 Å². The van der Waals surface area contributed by atoms with Crippen LogP contribution in [0, 0.1) is 6.92 Å². The van der Waals surface area contributed by atoms with E-state index in [1.54, 1.807) is 18.5 Å². The molecule has 0 saturated heterocycles. The van der Waals surface area contributed by atoms with Gasteiger partial charge in [0.25, 0.3) is 0 Å². The first-order chi connectivity index (χ1) is 10.5. The highest BCUT2D eigenvalue weighted by molar-refractivity contribution is 7.16. The summed E-state index contributed by atoms with van der Waals surface area (Å²) in [6, 6.07) is 4.80. The van der Waals surface area contributed by atoms with Crippen molar-refractivity contribution >= 4 is 28.3 Å². The zero-order valence-corrected chi connectivity index (χ0v) is 13.4. The molecular formula is C15H17N3O3S. The molecule has 0 aliphatic carbocycles. The first kappa shape index (κ1) is 16.0. The molecule has 0 fully saturated rings. The van der Waals surface area contributed by atoms with E-state index in [1.807, 2.05) is 26.0 Å². The number of pyridine rings is 1. The molecule has 2 amide bonds. The molecule has 0 unspecified atom stereocenters. The van der Waals surface area contributed by atoms with Gasteiger partial charge in [0.1, 0.15) is 5.00 Å². The third-order valence-corrected chi connectivity index (χ3v) is 3.99. The molecule has 2 aromatic rings. The number of anilines is 1. The summed E-state index contributed by atoms with van der Waals surface area (Å²) in [5, 5.41) is 5.97. The predicted molar refractivity (Wildman–Crippen MR) is 85.2 cm³/mol. The van der Waals surface area contributed by atoms with E-state index in [2.05, 4.69) is 15.6 Å². The predicted octanol–water partition coefficient (Wildman–Crippen LogP) is 3.12. The summed E-state index contributed by atoms with van der Waals surface area (Å²) in [4.78, 5) is 28.7. The third-order valence-electron chi connectivity index (χ3n) is 3.02. The molecule has 6 nitrogen and oxygen atoms in total. The molecule has 1 atom stereocenters. The highest BCUT2D eigenvalue weighted by atomic mass is 32.1. The Morgan fingerprint density at radius 1 is 1.41 bits per heavy atom. The Kier molecular flexibility index (Phi) is 5.11. The second kappa shape index (κ2) is 7.04. The average molecular weight is 319 g/mol. The number of aromatic nitrogens is 1. The number of nitrogens with one attached hydrogen (secondary N) is 2. The van der Waals surface area contributed by atoms with Gasteiger partial charge in [0.2, 0.25) is 0 Å². The van der Waals surface area contributed by atoms with Crippen LogP contribution in [0.5, 0.6) is 0 Å². The van der Waals surface area contributed by atoms with E-state index in [0.29, 0.717) is 10.6 Å². The molecule has 2 heterocycles. The van der Waals surface area contributed by atoms with Crippen LogP contribution in [-0.2, 0) is 4.74 Å². The number of nitrogens with zero attached hydrogens (tertiary/aromatic N) is 1. The van der Waals surface area contributed by atoms with E-state index in [-0.39, 0.29) is 12.1 Å². The molecule has 0 radical (unpaired) electrons. The minimum atomic E-state index is -0.472. The van der Waals surface area contributed by atoms with Gasteiger partial charge in [-0.15, -0.1) is 11.3 Å². The van der Waals surface area contributed by atoms with Crippen LogP contribution in [0.4, 0.5) is 9.80 Å². The number of urea groups is 1. The van der Waals surface area contributed by atoms with Gasteiger partial charge in [0.15, 0.2) is 0 Å². The summed E-state index contributed by atoms with van der Waals surface area (Å²) >= 11 is 1.32. The van der Waals surface area contributed by atoms with Gasteiger partial charge in [-0.25, -0.2) is 9.59 Å². The Hall–Kier alpha value is -2.41. The van der Waals surface area contributed by atoms with Crippen LogP contribution < -0.4 is 10.6 Å². The van der Waals surface area contributed by atoms with E-state index < -0.39 is 5.97 Å². The molecule has 0 saturated carbocycles. The van der Waals surface area contributed by atoms with Gasteiger partial charge in [-0.2, -0.15) is 0 Å². The lowest BCUT2D eigenvalue weighted by Gasteiger charge is -2.14. The normalized spacial score (nSPS) is 11.6. The lowest BCUT2D eigenvalue weighted by molar-refractivity contribution is 0.0602. The monoisotopic (exact) mass is 319 g/mol. The maximum absolute atomic E-state index is 12.1. The number of amides is 2. The molecule has 0 aliphatic rings. The number of carbonyl (C=O) groups is 2. The van der Waals surface area contributed by atoms with Gasteiger partial charge in [-0.1, -0.05) is 6.07 Å². The number of methoxy groups -OCH3 is 1. The minimum Gasteiger partial charge on any atom is -0.465 e. The van der Waals surface area contributed by atoms with Crippen molar-refractivity contribution in [2.24, 2.45) is 0 Å². The van der Waals surface area contributed by atoms with Crippen molar-refractivity contribution in [2.45, 2.75) is 19.9 Å². The molecule has 7 heteroatoms. The molecule has 2 rings (SSSR count). The van der Waals surface area contributed by atoms with E-state index in [9.17, 15) is 9.59 Å². The fraction of sp³-hybridized carbons (Fsp3) is 0.267. The van der Waals surface area contributed by atoms with Crippen LogP contribution in [0.15, 0.2) is 30.6 Å². The second-order valence-electron chi connectivity index (χ2n) is 4.70. The zero-order chi connectivity index (χ0) is 16.1. The number of ether oxygens (including phenoxy) is 1. The average Bonchev–Trinajstić information content (AvgIpc) is 2.87. The number of hydrogen-bond acceptors (Lipinski definition) is 5. The van der Waals surface area contributed by atoms with Gasteiger partial charge >= 0.3 is 12.0 Å². The Bertz CT molecular complexity index is 670. The highest BCUT2D eigenvalue weighted by Crippen LogP contribution is 2.28. The minimum absolute atomic E-state index is 0.198. The van der Waals surface area contributed by atoms with Crippen molar-refractivity contribution in [3.05, 3.63) is 46.6 Å². The number of aryl methyl sites for hydroxylation is 1. The third kappa shape index (κ3) is 3.82. The smallest absolute Gasteiger partial charge is 0.340 e. The summed E-state index contributed by atoms with van der Waals surface area (Å²) in [6.07, 6.45) is 3.37. The molecule has 0 spiro atoms. The molecular weight excluding hydrogens is 302 g/mol. The molecule has 0 aliphatic heterocycles. The van der Waals surface area contributed by atoms with Crippen molar-refractivity contribution in [3.63, 3.8) is 0 Å². The first-order valence-electron chi connectivity index (χ1n) is 6.67. The zero-order valence-electron chi connectivity index (χ0n) is 12.5. The number of thiophene rings is 1. The Morgan fingerprint density at radius 3 is 2.82 bits per heavy atom. The molecule has 2 N–H and O–H groups in total. The van der Waals surface area contributed by atoms with Crippen molar-refractivity contribution < 1.29 is 14.3 Å². The summed E-state index contributed by atoms with van der Waals surface area (Å²) in [7, 11) is 1.31. The highest BCUT2D eigenvalue weighted by Gasteiger charge is 2.18. The van der Waals surface area contributed by atoms with E-state index in [0.717, 1.165) is 10.4 Å². The molecule has 0 aromatic carbocycles. The van der Waals surface area contributed by atoms with Crippen LogP contribution in [0.3, 0.4) is 0 Å². The van der Waals surface area contributed by atoms with Crippen molar-refractivity contribution in [3.8, 4) is 0 Å². The van der Waals surface area contributed by atoms with Gasteiger partial charge in [-0.05, 0) is 31.5 Å². The number of carbonyl (C=O) groups excluding carboxylic acids is 2. The van der Waals surface area contributed by atoms with Gasteiger partial charge < -0.3 is 10.1 Å². The number of rotatable bonds is 4. The standard InChI is InChI=1S/C15H17N3O3S/c1-9-7-12(14(19)21-3)13(22-9)18-15(20)17-10(2)11-5-4-6-16-8-11/h4-8,10H,1-3H3,(H2,17,18,20)/t10-/m0/s1. The second-order valence-corrected chi connectivity index (χ2v) is 5.95. The summed E-state index contributed by atoms with van der Waals surface area (Å²) in [6.45, 7) is 3.72. The van der Waals surface area contributed by atoms with Gasteiger partial charge in [0, 0.05) is 17.3 Å². The van der Waals surface area contributed by atoms with E-state index in [1.165, 1.54) is 18.4 Å². The fourth-order valence-electron chi connectivity index (χ4n) is 1.92. The topological polar surface area (TPSA) is 80.3 Å². The maximum Gasteiger partial charge on any atom is 0.340 e. The van der Waals surface area contributed by atoms with Crippen LogP contribution in [0.1, 0.15) is 33.8 Å². The van der Waals surface area contributed by atoms with Gasteiger partial charge in [-0.3, -0.25) is 10.3 Å². The first-order valence-corrected chi connectivity index (χ1v) is 7.49. The molecule has 0 bridgehead atoms. The summed E-state index contributed by atoms with van der Waals surface area (Å²) in [5.41, 5.74) is 1.25. The SMILES string of the molecule is COC(=O)c1cc(C)sc1NC(=O)N[C@@H](C)c1cccnc1.